The van der Waals surface area contributed by atoms with Gasteiger partial charge in [0.15, 0.2) is 5.75 Å². The second-order valence-corrected chi connectivity index (χ2v) is 4.55. The number of hydrogen-bond acceptors (Lipinski definition) is 5. The van der Waals surface area contributed by atoms with E-state index in [0.717, 1.165) is 0 Å². The molecule has 0 unspecified atom stereocenters. The van der Waals surface area contributed by atoms with Crippen molar-refractivity contribution in [2.75, 3.05) is 7.11 Å². The number of nitro groups is 1. The minimum Gasteiger partial charge on any atom is -0.502 e. The molecule has 1 N–H and O–H groups in total. The van der Waals surface area contributed by atoms with Crippen molar-refractivity contribution < 1.29 is 19.6 Å². The third-order valence-electron chi connectivity index (χ3n) is 2.87. The van der Waals surface area contributed by atoms with Gasteiger partial charge >= 0.3 is 11.7 Å². The summed E-state index contributed by atoms with van der Waals surface area (Å²) in [5.41, 5.74) is 0.678. The van der Waals surface area contributed by atoms with Crippen molar-refractivity contribution in [3.63, 3.8) is 0 Å². The predicted molar refractivity (Wildman–Crippen MR) is 76.5 cm³/mol. The molecule has 2 aromatic carbocycles. The van der Waals surface area contributed by atoms with Gasteiger partial charge in [0.2, 0.25) is 0 Å². The Morgan fingerprint density at radius 1 is 1.29 bits per heavy atom. The summed E-state index contributed by atoms with van der Waals surface area (Å²) in [6.07, 6.45) is 0. The average Bonchev–Trinajstić information content (AvgIpc) is 2.47. The molecule has 108 valence electrons. The molecule has 0 radical (unpaired) electrons. The van der Waals surface area contributed by atoms with Crippen LogP contribution in [0.1, 0.15) is 10.4 Å². The molecule has 0 amide bonds. The number of phenols is 1. The number of halogens is 1. The molecular formula is C14H10ClNO5. The average molecular weight is 308 g/mol. The Kier molecular flexibility index (Phi) is 4.09. The maximum atomic E-state index is 11.5. The lowest BCUT2D eigenvalue weighted by atomic mass is 10.0. The Bertz CT molecular complexity index is 729. The highest BCUT2D eigenvalue weighted by Gasteiger charge is 2.17. The van der Waals surface area contributed by atoms with E-state index in [4.69, 9.17) is 11.6 Å². The number of phenolic OH excluding ortho intramolecular Hbond substituents is 1. The van der Waals surface area contributed by atoms with Crippen molar-refractivity contribution in [3.8, 4) is 16.9 Å². The summed E-state index contributed by atoms with van der Waals surface area (Å²) in [7, 11) is 1.25. The van der Waals surface area contributed by atoms with Crippen molar-refractivity contribution in [2.24, 2.45) is 0 Å². The van der Waals surface area contributed by atoms with Crippen molar-refractivity contribution >= 4 is 23.3 Å². The first-order valence-corrected chi connectivity index (χ1v) is 6.17. The van der Waals surface area contributed by atoms with Gasteiger partial charge in [-0.2, -0.15) is 0 Å². The van der Waals surface area contributed by atoms with Crippen molar-refractivity contribution in [1.82, 2.24) is 0 Å². The number of nitro benzene ring substituents is 1. The first-order valence-electron chi connectivity index (χ1n) is 5.79. The van der Waals surface area contributed by atoms with Gasteiger partial charge in [0.25, 0.3) is 0 Å². The van der Waals surface area contributed by atoms with E-state index in [1.165, 1.54) is 43.5 Å². The molecule has 0 heterocycles. The van der Waals surface area contributed by atoms with Crippen LogP contribution < -0.4 is 0 Å². The van der Waals surface area contributed by atoms with Crippen LogP contribution in [0.5, 0.6) is 5.75 Å². The van der Waals surface area contributed by atoms with E-state index in [0.29, 0.717) is 16.1 Å². The van der Waals surface area contributed by atoms with Gasteiger partial charge < -0.3 is 9.84 Å². The van der Waals surface area contributed by atoms with Gasteiger partial charge in [-0.05, 0) is 29.8 Å². The Hall–Kier alpha value is -2.60. The second kappa shape index (κ2) is 5.80. The van der Waals surface area contributed by atoms with Crippen LogP contribution in [0, 0.1) is 10.1 Å². The van der Waals surface area contributed by atoms with Crippen LogP contribution in [-0.2, 0) is 4.74 Å². The summed E-state index contributed by atoms with van der Waals surface area (Å²) in [5, 5.41) is 20.6. The topological polar surface area (TPSA) is 89.7 Å². The fourth-order valence-corrected chi connectivity index (χ4v) is 2.06. The lowest BCUT2D eigenvalue weighted by Crippen LogP contribution is -2.01. The molecule has 0 fully saturated rings. The van der Waals surface area contributed by atoms with Gasteiger partial charge in [-0.3, -0.25) is 10.1 Å². The van der Waals surface area contributed by atoms with E-state index in [9.17, 15) is 20.0 Å². The molecule has 0 saturated carbocycles. The highest BCUT2D eigenvalue weighted by molar-refractivity contribution is 6.33. The largest absolute Gasteiger partial charge is 0.502 e. The molecule has 0 saturated heterocycles. The third-order valence-corrected chi connectivity index (χ3v) is 3.20. The standard InChI is InChI=1S/C14H10ClNO5/c1-21-14(18)9-2-4-11(15)10(6-9)8-3-5-13(17)12(7-8)16(19)20/h2-7,17H,1H3. The highest BCUT2D eigenvalue weighted by Crippen LogP contribution is 2.35. The number of carbonyl (C=O) groups is 1. The smallest absolute Gasteiger partial charge is 0.337 e. The summed E-state index contributed by atoms with van der Waals surface area (Å²) in [6.45, 7) is 0. The van der Waals surface area contributed by atoms with Crippen molar-refractivity contribution in [2.45, 2.75) is 0 Å². The zero-order valence-corrected chi connectivity index (χ0v) is 11.6. The number of carbonyl (C=O) groups excluding carboxylic acids is 1. The zero-order valence-electron chi connectivity index (χ0n) is 10.9. The van der Waals surface area contributed by atoms with Crippen LogP contribution in [0.25, 0.3) is 11.1 Å². The predicted octanol–water partition coefficient (Wildman–Crippen LogP) is 3.41. The molecule has 21 heavy (non-hydrogen) atoms. The van der Waals surface area contributed by atoms with Crippen molar-refractivity contribution in [3.05, 3.63) is 57.1 Å². The van der Waals surface area contributed by atoms with Crippen LogP contribution in [0.3, 0.4) is 0 Å². The zero-order chi connectivity index (χ0) is 15.6. The van der Waals surface area contributed by atoms with E-state index in [2.05, 4.69) is 4.74 Å². The molecule has 2 aromatic rings. The number of hydrogen-bond donors (Lipinski definition) is 1. The Morgan fingerprint density at radius 2 is 2.00 bits per heavy atom. The molecular weight excluding hydrogens is 298 g/mol. The van der Waals surface area contributed by atoms with Crippen molar-refractivity contribution in [1.29, 1.82) is 0 Å². The molecule has 6 nitrogen and oxygen atoms in total. The Labute approximate surface area is 124 Å². The van der Waals surface area contributed by atoms with Crippen LogP contribution >= 0.6 is 11.6 Å². The minimum absolute atomic E-state index is 0.271. The Morgan fingerprint density at radius 3 is 2.62 bits per heavy atom. The fraction of sp³-hybridized carbons (Fsp3) is 0.0714. The molecule has 0 aliphatic heterocycles. The van der Waals surface area contributed by atoms with E-state index in [1.54, 1.807) is 0 Å². The molecule has 7 heteroatoms. The normalized spacial score (nSPS) is 10.2. The molecule has 0 aliphatic rings. The lowest BCUT2D eigenvalue weighted by Gasteiger charge is -2.07. The monoisotopic (exact) mass is 307 g/mol. The van der Waals surface area contributed by atoms with Gasteiger partial charge in [0.05, 0.1) is 17.6 Å². The second-order valence-electron chi connectivity index (χ2n) is 4.15. The number of nitrogens with zero attached hydrogens (tertiary/aromatic N) is 1. The molecule has 0 atom stereocenters. The molecule has 0 aliphatic carbocycles. The summed E-state index contributed by atoms with van der Waals surface area (Å²) in [4.78, 5) is 21.7. The summed E-state index contributed by atoms with van der Waals surface area (Å²) in [6, 6.07) is 8.34. The SMILES string of the molecule is COC(=O)c1ccc(Cl)c(-c2ccc(O)c([N+](=O)[O-])c2)c1. The van der Waals surface area contributed by atoms with Crippen LogP contribution in [-0.4, -0.2) is 23.1 Å². The number of ether oxygens (including phenoxy) is 1. The van der Waals surface area contributed by atoms with Gasteiger partial charge in [-0.25, -0.2) is 4.79 Å². The first-order chi connectivity index (χ1) is 9.93. The molecule has 2 rings (SSSR count). The van der Waals surface area contributed by atoms with E-state index >= 15 is 0 Å². The maximum absolute atomic E-state index is 11.5. The summed E-state index contributed by atoms with van der Waals surface area (Å²) in [5.74, 6) is -0.981. The first kappa shape index (κ1) is 14.8. The van der Waals surface area contributed by atoms with Gasteiger partial charge in [0.1, 0.15) is 0 Å². The summed E-state index contributed by atoms with van der Waals surface area (Å²) >= 11 is 6.07. The quantitative estimate of drug-likeness (QED) is 0.533. The van der Waals surface area contributed by atoms with E-state index in [-0.39, 0.29) is 5.56 Å². The van der Waals surface area contributed by atoms with Gasteiger partial charge in [0, 0.05) is 16.7 Å². The minimum atomic E-state index is -0.698. The van der Waals surface area contributed by atoms with Crippen LogP contribution in [0.4, 0.5) is 5.69 Å². The van der Waals surface area contributed by atoms with Gasteiger partial charge in [-0.15, -0.1) is 0 Å². The summed E-state index contributed by atoms with van der Waals surface area (Å²) < 4.78 is 4.62. The third kappa shape index (κ3) is 2.95. The molecule has 0 spiro atoms. The van der Waals surface area contributed by atoms with E-state index < -0.39 is 22.3 Å². The van der Waals surface area contributed by atoms with Gasteiger partial charge in [-0.1, -0.05) is 17.7 Å². The number of benzene rings is 2. The van der Waals surface area contributed by atoms with Crippen LogP contribution in [0.15, 0.2) is 36.4 Å². The number of methoxy groups -OCH3 is 1. The number of rotatable bonds is 3. The number of esters is 1. The fourth-order valence-electron chi connectivity index (χ4n) is 1.83. The maximum Gasteiger partial charge on any atom is 0.337 e. The molecule has 0 bridgehead atoms. The van der Waals surface area contributed by atoms with E-state index in [1.807, 2.05) is 0 Å². The highest BCUT2D eigenvalue weighted by atomic mass is 35.5. The lowest BCUT2D eigenvalue weighted by molar-refractivity contribution is -0.385. The van der Waals surface area contributed by atoms with Crippen LogP contribution in [0.2, 0.25) is 5.02 Å². The molecule has 0 aromatic heterocycles. The Balaban J connectivity index is 2.58. The number of aromatic hydroxyl groups is 1.